The molecule has 1 unspecified atom stereocenters. The average molecular weight is 614 g/mol. The summed E-state index contributed by atoms with van der Waals surface area (Å²) in [7, 11) is 0. The van der Waals surface area contributed by atoms with Crippen LogP contribution in [0.3, 0.4) is 0 Å². The fourth-order valence-corrected chi connectivity index (χ4v) is 5.13. The lowest BCUT2D eigenvalue weighted by molar-refractivity contribution is -0.206. The molecule has 1 fully saturated rings. The molecule has 5 aromatic rings. The third kappa shape index (κ3) is 5.35. The maximum Gasteiger partial charge on any atom is 0.395 e. The molecule has 0 saturated heterocycles. The smallest absolute Gasteiger partial charge is 0.382 e. The number of anilines is 2. The quantitative estimate of drug-likeness (QED) is 0.180. The number of hydrogen-bond acceptors (Lipinski definition) is 8. The normalized spacial score (nSPS) is 15.0. The van der Waals surface area contributed by atoms with E-state index in [0.717, 1.165) is 26.7 Å². The molecular formula is C32H27F4N9. The van der Waals surface area contributed by atoms with Crippen molar-refractivity contribution in [3.8, 4) is 12.1 Å². The van der Waals surface area contributed by atoms with Crippen molar-refractivity contribution in [1.82, 2.24) is 25.0 Å². The fourth-order valence-electron chi connectivity index (χ4n) is 5.13. The van der Waals surface area contributed by atoms with Gasteiger partial charge in [-0.25, -0.2) is 9.07 Å². The molecule has 1 aliphatic rings. The summed E-state index contributed by atoms with van der Waals surface area (Å²) in [5.74, 6) is -0.493. The molecule has 2 N–H and O–H groups in total. The van der Waals surface area contributed by atoms with E-state index in [4.69, 9.17) is 0 Å². The molecule has 1 aliphatic carbocycles. The second-order valence-corrected chi connectivity index (χ2v) is 12.1. The zero-order valence-corrected chi connectivity index (χ0v) is 24.5. The van der Waals surface area contributed by atoms with E-state index >= 15 is 0 Å². The highest BCUT2D eigenvalue weighted by atomic mass is 19.4. The minimum absolute atomic E-state index is 0.0225. The number of nitrogens with zero attached hydrogens (tertiary/aromatic N) is 7. The Bertz CT molecular complexity index is 2030. The van der Waals surface area contributed by atoms with Crippen molar-refractivity contribution in [3.63, 3.8) is 0 Å². The first-order chi connectivity index (χ1) is 21.3. The van der Waals surface area contributed by atoms with Crippen LogP contribution < -0.4 is 10.6 Å². The Labute approximate surface area is 255 Å². The van der Waals surface area contributed by atoms with Crippen LogP contribution in [0.1, 0.15) is 62.0 Å². The summed E-state index contributed by atoms with van der Waals surface area (Å²) in [5, 5.41) is 35.7. The predicted molar refractivity (Wildman–Crippen MR) is 160 cm³/mol. The Morgan fingerprint density at radius 3 is 2.47 bits per heavy atom. The van der Waals surface area contributed by atoms with Gasteiger partial charge in [0.15, 0.2) is 0 Å². The molecule has 2 aromatic carbocycles. The van der Waals surface area contributed by atoms with Crippen molar-refractivity contribution in [1.29, 1.82) is 10.5 Å². The molecule has 3 aromatic heterocycles. The number of rotatable bonds is 8. The minimum atomic E-state index is -4.50. The third-order valence-electron chi connectivity index (χ3n) is 8.40. The van der Waals surface area contributed by atoms with Gasteiger partial charge in [0.2, 0.25) is 0 Å². The highest BCUT2D eigenvalue weighted by Gasteiger charge is 2.47. The van der Waals surface area contributed by atoms with Gasteiger partial charge in [0.05, 0.1) is 45.5 Å². The molecule has 1 saturated carbocycles. The summed E-state index contributed by atoms with van der Waals surface area (Å²) >= 11 is 0. The van der Waals surface area contributed by atoms with Crippen molar-refractivity contribution in [3.05, 3.63) is 83.2 Å². The molecule has 1 atom stereocenters. The van der Waals surface area contributed by atoms with E-state index in [2.05, 4.69) is 43.9 Å². The van der Waals surface area contributed by atoms with E-state index < -0.39 is 30.0 Å². The third-order valence-corrected chi connectivity index (χ3v) is 8.40. The Morgan fingerprint density at radius 1 is 1.02 bits per heavy atom. The van der Waals surface area contributed by atoms with Crippen LogP contribution in [0.25, 0.3) is 21.8 Å². The molecule has 6 rings (SSSR count). The van der Waals surface area contributed by atoms with Gasteiger partial charge in [-0.1, -0.05) is 17.3 Å². The van der Waals surface area contributed by atoms with E-state index in [0.29, 0.717) is 22.3 Å². The summed E-state index contributed by atoms with van der Waals surface area (Å²) in [5.41, 5.74) is -0.0398. The molecule has 0 bridgehead atoms. The van der Waals surface area contributed by atoms with Crippen LogP contribution in [0, 0.1) is 33.9 Å². The molecule has 0 spiro atoms. The molecule has 45 heavy (non-hydrogen) atoms. The van der Waals surface area contributed by atoms with Crippen LogP contribution in [-0.2, 0) is 5.54 Å². The lowest BCUT2D eigenvalue weighted by Gasteiger charge is -2.28. The van der Waals surface area contributed by atoms with Crippen molar-refractivity contribution < 1.29 is 17.6 Å². The van der Waals surface area contributed by atoms with Crippen LogP contribution in [0.2, 0.25) is 0 Å². The van der Waals surface area contributed by atoms with Crippen molar-refractivity contribution >= 4 is 33.2 Å². The van der Waals surface area contributed by atoms with Gasteiger partial charge >= 0.3 is 6.18 Å². The summed E-state index contributed by atoms with van der Waals surface area (Å²) in [6, 6.07) is 13.0. The van der Waals surface area contributed by atoms with Crippen LogP contribution in [0.15, 0.2) is 55.0 Å². The number of nitriles is 2. The number of halogens is 4. The summed E-state index contributed by atoms with van der Waals surface area (Å²) < 4.78 is 57.6. The molecular weight excluding hydrogens is 586 g/mol. The van der Waals surface area contributed by atoms with Crippen LogP contribution >= 0.6 is 0 Å². The van der Waals surface area contributed by atoms with Crippen molar-refractivity contribution in [2.75, 3.05) is 17.2 Å². The van der Waals surface area contributed by atoms with Crippen molar-refractivity contribution in [2.24, 2.45) is 5.41 Å². The molecule has 13 heteroatoms. The molecule has 0 radical (unpaired) electrons. The summed E-state index contributed by atoms with van der Waals surface area (Å²) in [4.78, 5) is 8.51. The highest BCUT2D eigenvalue weighted by Crippen LogP contribution is 2.43. The van der Waals surface area contributed by atoms with Crippen LogP contribution in [-0.4, -0.2) is 37.7 Å². The van der Waals surface area contributed by atoms with Gasteiger partial charge in [-0.2, -0.15) is 23.7 Å². The van der Waals surface area contributed by atoms with Gasteiger partial charge in [-0.05, 0) is 63.4 Å². The lowest BCUT2D eigenvalue weighted by Crippen LogP contribution is -2.38. The lowest BCUT2D eigenvalue weighted by atomic mass is 9.92. The predicted octanol–water partition coefficient (Wildman–Crippen LogP) is 6.97. The zero-order chi connectivity index (χ0) is 32.1. The van der Waals surface area contributed by atoms with Crippen LogP contribution in [0.4, 0.5) is 28.9 Å². The largest absolute Gasteiger partial charge is 0.395 e. The van der Waals surface area contributed by atoms with E-state index in [1.165, 1.54) is 18.5 Å². The number of alkyl halides is 3. The number of fused-ring (bicyclic) bond motifs is 2. The maximum atomic E-state index is 14.8. The molecule has 9 nitrogen and oxygen atoms in total. The highest BCUT2D eigenvalue weighted by molar-refractivity contribution is 5.99. The SMILES string of the molecule is CC1(n2cc(C(Nc3cc(C#N)c4ncc(C#N)c(NCC(C)(C)C(F)(F)F)c4c3)c3ccc(F)c4ncccc34)nn2)CC1. The molecule has 0 aliphatic heterocycles. The van der Waals surface area contributed by atoms with Crippen LogP contribution in [0.5, 0.6) is 0 Å². The summed E-state index contributed by atoms with van der Waals surface area (Å²) in [6.07, 6.45) is 1.94. The standard InChI is InChI=1S/C32H27F4N9/c1-30(2,32(34,35)36)17-41-27-19(14-38)15-40-26-18(13-37)11-20(12-23(26)27)42-29(25-16-45(44-43-25)31(3)8-9-31)22-6-7-24(33)28-21(22)5-4-10-39-28/h4-7,10-12,15-16,29,42H,8-9,17H2,1-3H3,(H,40,41). The summed E-state index contributed by atoms with van der Waals surface area (Å²) in [6.45, 7) is 3.67. The Morgan fingerprint density at radius 2 is 1.78 bits per heavy atom. The first-order valence-corrected chi connectivity index (χ1v) is 14.2. The molecule has 228 valence electrons. The molecule has 0 amide bonds. The monoisotopic (exact) mass is 613 g/mol. The average Bonchev–Trinajstić information content (AvgIpc) is 3.56. The topological polar surface area (TPSA) is 128 Å². The Kier molecular flexibility index (Phi) is 7.08. The van der Waals surface area contributed by atoms with E-state index in [1.54, 1.807) is 35.0 Å². The van der Waals surface area contributed by atoms with Crippen molar-refractivity contribution in [2.45, 2.75) is 51.4 Å². The second-order valence-electron chi connectivity index (χ2n) is 12.1. The number of pyridine rings is 2. The number of benzene rings is 2. The second kappa shape index (κ2) is 10.7. The van der Waals surface area contributed by atoms with Gasteiger partial charge in [0.25, 0.3) is 0 Å². The fraction of sp³-hybridized carbons (Fsp3) is 0.312. The zero-order valence-electron chi connectivity index (χ0n) is 24.5. The maximum absolute atomic E-state index is 14.8. The molecule has 3 heterocycles. The van der Waals surface area contributed by atoms with Gasteiger partial charge < -0.3 is 10.6 Å². The van der Waals surface area contributed by atoms with Gasteiger partial charge in [0.1, 0.15) is 29.2 Å². The van der Waals surface area contributed by atoms with Gasteiger partial charge in [-0.3, -0.25) is 9.97 Å². The van der Waals surface area contributed by atoms with Gasteiger partial charge in [-0.15, -0.1) is 5.10 Å². The van der Waals surface area contributed by atoms with E-state index in [1.807, 2.05) is 12.3 Å². The Balaban J connectivity index is 1.50. The van der Waals surface area contributed by atoms with E-state index in [-0.39, 0.29) is 38.8 Å². The minimum Gasteiger partial charge on any atom is -0.382 e. The first kappa shape index (κ1) is 29.8. The Hall–Kier alpha value is -5.30. The first-order valence-electron chi connectivity index (χ1n) is 14.2. The number of aromatic nitrogens is 5. The van der Waals surface area contributed by atoms with Gasteiger partial charge in [0, 0.05) is 35.4 Å². The number of nitrogens with one attached hydrogen (secondary N) is 2. The van der Waals surface area contributed by atoms with E-state index in [9.17, 15) is 28.1 Å². The number of hydrogen-bond donors (Lipinski definition) is 2.